The molecule has 5 N–H and O–H groups in total. The number of aldehydes is 1. The van der Waals surface area contributed by atoms with Gasteiger partial charge in [-0.1, -0.05) is 20.3 Å². The minimum atomic E-state index is -0.939. The number of aliphatic hydroxyl groups is 1. The topological polar surface area (TPSA) is 257 Å². The minimum absolute atomic E-state index is 0.0761. The molecule has 1 aliphatic rings. The van der Waals surface area contributed by atoms with Crippen LogP contribution in [0.2, 0.25) is 0 Å². The van der Waals surface area contributed by atoms with Crippen molar-refractivity contribution in [3.8, 4) is 0 Å². The van der Waals surface area contributed by atoms with E-state index in [-0.39, 0.29) is 25.5 Å². The molecular weight excluding hydrogens is 844 g/mol. The Labute approximate surface area is 381 Å². The second-order valence-corrected chi connectivity index (χ2v) is 14.6. The van der Waals surface area contributed by atoms with Gasteiger partial charge in [-0.3, -0.25) is 34.0 Å². The van der Waals surface area contributed by atoms with Crippen LogP contribution in [-0.4, -0.2) is 270 Å². The number of nitrogens with one attached hydrogen (secondary N) is 2. The summed E-state index contributed by atoms with van der Waals surface area (Å²) in [5.74, 6) is -1.17. The molecule has 0 aromatic carbocycles. The molecule has 1 heterocycles. The highest BCUT2D eigenvalue weighted by molar-refractivity contribution is 5.75. The summed E-state index contributed by atoms with van der Waals surface area (Å²) in [7, 11) is 1.00. The molecule has 378 valence electrons. The summed E-state index contributed by atoms with van der Waals surface area (Å²) in [5.41, 5.74) is 0. The molecule has 0 unspecified atom stereocenters. The van der Waals surface area contributed by atoms with Crippen molar-refractivity contribution in [2.75, 3.05) is 205 Å². The molecule has 1 saturated heterocycles. The van der Waals surface area contributed by atoms with E-state index in [2.05, 4.69) is 29.4 Å². The molecule has 22 heteroatoms. The van der Waals surface area contributed by atoms with Crippen molar-refractivity contribution >= 4 is 30.9 Å². The second-order valence-electron chi connectivity index (χ2n) is 14.6. The molecule has 0 atom stereocenters. The SMILES string of the molecule is C=O.CC(C)CCCC(=O)NCCOCCOCCOCCOCCOCCOCCOCCOCCNCN1CCN(CC=O)CCN(CC(=O)O)CCN(CC(=O)O)CC1.CO. The van der Waals surface area contributed by atoms with Gasteiger partial charge in [-0.25, -0.2) is 0 Å². The number of carbonyl (C=O) groups excluding carboxylic acids is 3. The fraction of sp³-hybridized carbons (Fsp3) is 0.881. The van der Waals surface area contributed by atoms with Crippen LogP contribution in [0.1, 0.15) is 33.1 Å². The molecule has 1 aliphatic heterocycles. The van der Waals surface area contributed by atoms with Gasteiger partial charge in [0.25, 0.3) is 0 Å². The number of amides is 1. The van der Waals surface area contributed by atoms with E-state index in [1.165, 1.54) is 0 Å². The maximum absolute atomic E-state index is 11.7. The van der Waals surface area contributed by atoms with Crippen LogP contribution in [0.4, 0.5) is 0 Å². The van der Waals surface area contributed by atoms with Crippen LogP contribution < -0.4 is 10.6 Å². The van der Waals surface area contributed by atoms with Crippen LogP contribution in [0.3, 0.4) is 0 Å². The van der Waals surface area contributed by atoms with Gasteiger partial charge < -0.3 is 73.4 Å². The number of ether oxygens (including phenoxy) is 8. The minimum Gasteiger partial charge on any atom is -0.480 e. The van der Waals surface area contributed by atoms with Crippen molar-refractivity contribution < 1.29 is 77.2 Å². The standard InChI is InChI=1S/C40H78N6O14.CH4O.CH2O/c1-37(2)4-3-5-38(48)42-7-19-54-21-23-56-25-27-58-29-31-60-33-32-59-30-28-57-26-24-55-22-20-53-18-6-41-36-46-14-9-43(16-17-47)8-10-44(34-39(49)50)11-12-45(13-15-46)35-40(51)52;2*1-2/h17,37,41H,3-16,18-36H2,1-2H3,(H,42,48)(H,49,50)(H,51,52);2H,1H3;1H2. The Morgan fingerprint density at radius 1 is 0.547 bits per heavy atom. The molecule has 1 amide bonds. The first-order chi connectivity index (χ1) is 31.2. The summed E-state index contributed by atoms with van der Waals surface area (Å²) in [6.45, 7) is 19.8. The highest BCUT2D eigenvalue weighted by Gasteiger charge is 2.19. The van der Waals surface area contributed by atoms with E-state index in [9.17, 15) is 29.4 Å². The Hall–Kier alpha value is -2.81. The lowest BCUT2D eigenvalue weighted by molar-refractivity contribution is -0.140. The number of carboxylic acid groups (broad SMARTS) is 2. The third-order valence-corrected chi connectivity index (χ3v) is 9.10. The zero-order chi connectivity index (χ0) is 47.7. The highest BCUT2D eigenvalue weighted by Crippen LogP contribution is 2.05. The summed E-state index contributed by atoms with van der Waals surface area (Å²) in [5, 5.41) is 31.9. The van der Waals surface area contributed by atoms with E-state index in [1.807, 2.05) is 16.6 Å². The van der Waals surface area contributed by atoms with E-state index in [4.69, 9.17) is 47.8 Å². The molecule has 64 heavy (non-hydrogen) atoms. The second kappa shape index (κ2) is 49.6. The third-order valence-electron chi connectivity index (χ3n) is 9.10. The zero-order valence-corrected chi connectivity index (χ0v) is 39.1. The number of hydrogen-bond acceptors (Lipinski definition) is 19. The lowest BCUT2D eigenvalue weighted by atomic mass is 10.1. The van der Waals surface area contributed by atoms with Gasteiger partial charge in [0, 0.05) is 85.6 Å². The van der Waals surface area contributed by atoms with E-state index < -0.39 is 11.9 Å². The predicted molar refractivity (Wildman–Crippen MR) is 239 cm³/mol. The first-order valence-electron chi connectivity index (χ1n) is 22.3. The molecule has 22 nitrogen and oxygen atoms in total. The van der Waals surface area contributed by atoms with Gasteiger partial charge in [-0.2, -0.15) is 0 Å². The monoisotopic (exact) mass is 929 g/mol. The number of rotatable bonds is 39. The molecular formula is C42H84N6O16. The van der Waals surface area contributed by atoms with Gasteiger partial charge in [0.2, 0.25) is 5.91 Å². The van der Waals surface area contributed by atoms with Crippen molar-refractivity contribution in [3.05, 3.63) is 0 Å². The van der Waals surface area contributed by atoms with Crippen LogP contribution in [-0.2, 0) is 61.9 Å². The summed E-state index contributed by atoms with van der Waals surface area (Å²) < 4.78 is 44.2. The van der Waals surface area contributed by atoms with Crippen molar-refractivity contribution in [2.45, 2.75) is 33.1 Å². The van der Waals surface area contributed by atoms with Crippen LogP contribution in [0.5, 0.6) is 0 Å². The lowest BCUT2D eigenvalue weighted by Gasteiger charge is -2.33. The largest absolute Gasteiger partial charge is 0.480 e. The van der Waals surface area contributed by atoms with Crippen LogP contribution in [0, 0.1) is 5.92 Å². The summed E-state index contributed by atoms with van der Waals surface area (Å²) >= 11 is 0. The molecule has 0 aliphatic carbocycles. The number of hydrogen-bond donors (Lipinski definition) is 5. The summed E-state index contributed by atoms with van der Waals surface area (Å²) in [6, 6.07) is 0. The number of carbonyl (C=O) groups is 5. The molecule has 1 fully saturated rings. The Morgan fingerprint density at radius 2 is 0.875 bits per heavy atom. The molecule has 0 spiro atoms. The van der Waals surface area contributed by atoms with Gasteiger partial charge in [0.05, 0.1) is 125 Å². The Kier molecular flexibility index (Phi) is 49.1. The first-order valence-corrected chi connectivity index (χ1v) is 22.3. The van der Waals surface area contributed by atoms with Gasteiger partial charge in [0.15, 0.2) is 0 Å². The zero-order valence-electron chi connectivity index (χ0n) is 39.1. The normalized spacial score (nSPS) is 14.7. The molecule has 0 bridgehead atoms. The summed E-state index contributed by atoms with van der Waals surface area (Å²) in [6.07, 6.45) is 3.40. The molecule has 0 saturated carbocycles. The number of aliphatic hydroxyl groups excluding tert-OH is 1. The average molecular weight is 929 g/mol. The van der Waals surface area contributed by atoms with E-state index in [0.717, 1.165) is 26.2 Å². The van der Waals surface area contributed by atoms with Crippen molar-refractivity contribution in [3.63, 3.8) is 0 Å². The molecule has 0 aromatic heterocycles. The van der Waals surface area contributed by atoms with Crippen molar-refractivity contribution in [1.29, 1.82) is 0 Å². The van der Waals surface area contributed by atoms with E-state index >= 15 is 0 Å². The fourth-order valence-electron chi connectivity index (χ4n) is 5.77. The quantitative estimate of drug-likeness (QED) is 0.0352. The molecule has 1 rings (SSSR count). The third kappa shape index (κ3) is 45.7. The highest BCUT2D eigenvalue weighted by atomic mass is 16.6. The lowest BCUT2D eigenvalue weighted by Crippen LogP contribution is -2.49. The van der Waals surface area contributed by atoms with Crippen molar-refractivity contribution in [2.24, 2.45) is 5.92 Å². The van der Waals surface area contributed by atoms with Crippen LogP contribution in [0.25, 0.3) is 0 Å². The van der Waals surface area contributed by atoms with E-state index in [0.29, 0.717) is 190 Å². The number of aliphatic carboxylic acids is 2. The van der Waals surface area contributed by atoms with Gasteiger partial charge in [-0.05, 0) is 12.3 Å². The first kappa shape index (κ1) is 63.3. The van der Waals surface area contributed by atoms with Gasteiger partial charge in [-0.15, -0.1) is 0 Å². The molecule has 0 radical (unpaired) electrons. The van der Waals surface area contributed by atoms with Gasteiger partial charge >= 0.3 is 11.9 Å². The Balaban J connectivity index is 0. The van der Waals surface area contributed by atoms with Crippen molar-refractivity contribution in [1.82, 2.24) is 30.2 Å². The van der Waals surface area contributed by atoms with Crippen LogP contribution >= 0.6 is 0 Å². The fourth-order valence-corrected chi connectivity index (χ4v) is 5.77. The maximum Gasteiger partial charge on any atom is 0.317 e. The Morgan fingerprint density at radius 3 is 1.22 bits per heavy atom. The number of carboxylic acids is 2. The Bertz CT molecular complexity index is 1070. The predicted octanol–water partition coefficient (Wildman–Crippen LogP) is -1.38. The maximum atomic E-state index is 11.7. The summed E-state index contributed by atoms with van der Waals surface area (Å²) in [4.78, 5) is 61.6. The average Bonchev–Trinajstić information content (AvgIpc) is 3.27. The van der Waals surface area contributed by atoms with E-state index in [1.54, 1.807) is 4.90 Å². The number of nitrogens with zero attached hydrogens (tertiary/aromatic N) is 4. The van der Waals surface area contributed by atoms with Crippen LogP contribution in [0.15, 0.2) is 0 Å². The van der Waals surface area contributed by atoms with Gasteiger partial charge in [0.1, 0.15) is 13.1 Å². The smallest absolute Gasteiger partial charge is 0.317 e. The molecule has 0 aromatic rings.